The van der Waals surface area contributed by atoms with E-state index in [2.05, 4.69) is 6.92 Å². The van der Waals surface area contributed by atoms with Crippen molar-refractivity contribution < 1.29 is 4.65 Å². The molecule has 0 heterocycles. The van der Waals surface area contributed by atoms with E-state index in [1.165, 1.54) is 44.9 Å². The van der Waals surface area contributed by atoms with Crippen molar-refractivity contribution in [2.75, 3.05) is 0 Å². The fourth-order valence-electron chi connectivity index (χ4n) is 1.86. The zero-order chi connectivity index (χ0) is 8.16. The molecule has 1 nitrogen and oxygen atoms in total. The average molecular weight is 154 g/mol. The molecule has 0 aromatic carbocycles. The Kier molecular flexibility index (Phi) is 3.44. The fourth-order valence-corrected chi connectivity index (χ4v) is 1.86. The Morgan fingerprint density at radius 2 is 1.45 bits per heavy atom. The van der Waals surface area contributed by atoms with Gasteiger partial charge in [-0.15, -0.1) is 0 Å². The fraction of sp³-hybridized carbons (Fsp3) is 1.00. The van der Waals surface area contributed by atoms with Crippen LogP contribution in [0.4, 0.5) is 0 Å². The van der Waals surface area contributed by atoms with Gasteiger partial charge in [0.15, 0.2) is 0 Å². The zero-order valence-corrected chi connectivity index (χ0v) is 7.86. The SMILES string of the molecule is BOC1(C)CCCCCCC1. The highest BCUT2D eigenvalue weighted by Gasteiger charge is 2.22. The van der Waals surface area contributed by atoms with Gasteiger partial charge < -0.3 is 4.65 Å². The molecule has 0 aromatic heterocycles. The third kappa shape index (κ3) is 2.86. The van der Waals surface area contributed by atoms with E-state index < -0.39 is 0 Å². The number of hydrogen-bond acceptors (Lipinski definition) is 1. The predicted octanol–water partition coefficient (Wildman–Crippen LogP) is 2.05. The summed E-state index contributed by atoms with van der Waals surface area (Å²) in [4.78, 5) is 0. The molecule has 0 bridgehead atoms. The van der Waals surface area contributed by atoms with Gasteiger partial charge in [-0.25, -0.2) is 0 Å². The molecule has 0 aliphatic heterocycles. The molecule has 1 fully saturated rings. The Morgan fingerprint density at radius 3 is 1.91 bits per heavy atom. The van der Waals surface area contributed by atoms with Gasteiger partial charge in [0, 0.05) is 5.60 Å². The van der Waals surface area contributed by atoms with Gasteiger partial charge in [0.25, 0.3) is 8.05 Å². The summed E-state index contributed by atoms with van der Waals surface area (Å²) in [7, 11) is 1.85. The lowest BCUT2D eigenvalue weighted by molar-refractivity contribution is 0.0699. The normalized spacial score (nSPS) is 25.5. The second-order valence-corrected chi connectivity index (χ2v) is 3.92. The minimum absolute atomic E-state index is 0.195. The first-order valence-corrected chi connectivity index (χ1v) is 4.82. The summed E-state index contributed by atoms with van der Waals surface area (Å²) in [6.07, 6.45) is 9.44. The first-order chi connectivity index (χ1) is 5.27. The second-order valence-electron chi connectivity index (χ2n) is 3.92. The van der Waals surface area contributed by atoms with Gasteiger partial charge >= 0.3 is 0 Å². The van der Waals surface area contributed by atoms with Gasteiger partial charge in [0.05, 0.1) is 0 Å². The maximum absolute atomic E-state index is 5.51. The molecule has 1 aliphatic carbocycles. The Hall–Kier alpha value is 0.0249. The van der Waals surface area contributed by atoms with E-state index in [1.54, 1.807) is 0 Å². The molecule has 0 amide bonds. The first kappa shape index (κ1) is 9.12. The van der Waals surface area contributed by atoms with Crippen molar-refractivity contribution in [3.63, 3.8) is 0 Å². The van der Waals surface area contributed by atoms with E-state index in [4.69, 9.17) is 4.65 Å². The summed E-state index contributed by atoms with van der Waals surface area (Å²) in [5.41, 5.74) is 0.195. The van der Waals surface area contributed by atoms with Crippen LogP contribution in [-0.4, -0.2) is 13.7 Å². The van der Waals surface area contributed by atoms with Crippen LogP contribution in [0.1, 0.15) is 51.9 Å². The molecular formula is C9H19BO. The van der Waals surface area contributed by atoms with Crippen molar-refractivity contribution in [1.29, 1.82) is 0 Å². The summed E-state index contributed by atoms with van der Waals surface area (Å²) in [5.74, 6) is 0. The van der Waals surface area contributed by atoms with Crippen molar-refractivity contribution in [3.8, 4) is 0 Å². The van der Waals surface area contributed by atoms with E-state index in [0.717, 1.165) is 0 Å². The monoisotopic (exact) mass is 154 g/mol. The third-order valence-electron chi connectivity index (χ3n) is 2.90. The van der Waals surface area contributed by atoms with Crippen LogP contribution in [0.15, 0.2) is 0 Å². The van der Waals surface area contributed by atoms with Crippen LogP contribution in [0.3, 0.4) is 0 Å². The third-order valence-corrected chi connectivity index (χ3v) is 2.90. The van der Waals surface area contributed by atoms with Crippen molar-refractivity contribution >= 4 is 8.05 Å². The summed E-state index contributed by atoms with van der Waals surface area (Å²) >= 11 is 0. The number of rotatable bonds is 1. The summed E-state index contributed by atoms with van der Waals surface area (Å²) in [6, 6.07) is 0. The van der Waals surface area contributed by atoms with Gasteiger partial charge in [-0.3, -0.25) is 0 Å². The Labute approximate surface area is 71.0 Å². The minimum atomic E-state index is 0.195. The molecule has 64 valence electrons. The van der Waals surface area contributed by atoms with Crippen LogP contribution in [0, 0.1) is 0 Å². The van der Waals surface area contributed by atoms with Crippen LogP contribution in [0.2, 0.25) is 0 Å². The van der Waals surface area contributed by atoms with Crippen LogP contribution in [0.5, 0.6) is 0 Å². The Bertz CT molecular complexity index is 106. The molecule has 1 saturated carbocycles. The molecule has 0 saturated heterocycles. The molecule has 0 atom stereocenters. The minimum Gasteiger partial charge on any atom is -0.439 e. The molecular weight excluding hydrogens is 135 g/mol. The summed E-state index contributed by atoms with van der Waals surface area (Å²) in [6.45, 7) is 2.25. The van der Waals surface area contributed by atoms with E-state index in [1.807, 2.05) is 8.05 Å². The lowest BCUT2D eigenvalue weighted by Crippen LogP contribution is -2.28. The molecule has 0 radical (unpaired) electrons. The molecule has 0 unspecified atom stereocenters. The lowest BCUT2D eigenvalue weighted by Gasteiger charge is -2.30. The lowest BCUT2D eigenvalue weighted by atomic mass is 9.88. The largest absolute Gasteiger partial charge is 0.439 e. The predicted molar refractivity (Wildman–Crippen MR) is 50.4 cm³/mol. The van der Waals surface area contributed by atoms with E-state index in [-0.39, 0.29) is 5.60 Å². The molecule has 2 heteroatoms. The molecule has 0 aromatic rings. The van der Waals surface area contributed by atoms with E-state index in [0.29, 0.717) is 0 Å². The van der Waals surface area contributed by atoms with E-state index in [9.17, 15) is 0 Å². The highest BCUT2D eigenvalue weighted by Crippen LogP contribution is 2.27. The highest BCUT2D eigenvalue weighted by atomic mass is 16.4. The Balaban J connectivity index is 2.37. The molecule has 1 aliphatic rings. The van der Waals surface area contributed by atoms with E-state index >= 15 is 0 Å². The molecule has 0 spiro atoms. The Morgan fingerprint density at radius 1 is 1.00 bits per heavy atom. The average Bonchev–Trinajstić information content (AvgIpc) is 1.98. The molecule has 1 rings (SSSR count). The maximum Gasteiger partial charge on any atom is 0.258 e. The molecule has 11 heavy (non-hydrogen) atoms. The quantitative estimate of drug-likeness (QED) is 0.525. The van der Waals surface area contributed by atoms with Gasteiger partial charge in [-0.1, -0.05) is 32.1 Å². The van der Waals surface area contributed by atoms with Gasteiger partial charge in [-0.2, -0.15) is 0 Å². The van der Waals surface area contributed by atoms with Crippen molar-refractivity contribution in [2.45, 2.75) is 57.5 Å². The van der Waals surface area contributed by atoms with Crippen LogP contribution < -0.4 is 0 Å². The van der Waals surface area contributed by atoms with Crippen molar-refractivity contribution in [2.24, 2.45) is 0 Å². The smallest absolute Gasteiger partial charge is 0.258 e. The zero-order valence-electron chi connectivity index (χ0n) is 7.86. The van der Waals surface area contributed by atoms with Crippen LogP contribution in [-0.2, 0) is 4.65 Å². The van der Waals surface area contributed by atoms with Gasteiger partial charge in [0.2, 0.25) is 0 Å². The van der Waals surface area contributed by atoms with Gasteiger partial charge in [0.1, 0.15) is 0 Å². The van der Waals surface area contributed by atoms with Crippen LogP contribution >= 0.6 is 0 Å². The second kappa shape index (κ2) is 4.15. The topological polar surface area (TPSA) is 9.23 Å². The number of hydrogen-bond donors (Lipinski definition) is 0. The highest BCUT2D eigenvalue weighted by molar-refractivity contribution is 5.98. The van der Waals surface area contributed by atoms with Crippen LogP contribution in [0.25, 0.3) is 0 Å². The molecule has 0 N–H and O–H groups in total. The maximum atomic E-state index is 5.51. The van der Waals surface area contributed by atoms with Crippen molar-refractivity contribution in [3.05, 3.63) is 0 Å². The van der Waals surface area contributed by atoms with Gasteiger partial charge in [-0.05, 0) is 19.8 Å². The standard InChI is InChI=1S/C9H19BO/c1-9(11-10)7-5-3-2-4-6-8-9/h2-8,10H2,1H3. The summed E-state index contributed by atoms with van der Waals surface area (Å²) < 4.78 is 5.51. The van der Waals surface area contributed by atoms with Crippen molar-refractivity contribution in [1.82, 2.24) is 0 Å². The first-order valence-electron chi connectivity index (χ1n) is 4.82. The summed E-state index contributed by atoms with van der Waals surface area (Å²) in [5, 5.41) is 0.